The number of nitrogens with one attached hydrogen (secondary N) is 1. The molecule has 0 atom stereocenters. The fourth-order valence-electron chi connectivity index (χ4n) is 3.47. The largest absolute Gasteiger partial charge is 0.318 e. The first-order valence-corrected chi connectivity index (χ1v) is 10.4. The van der Waals surface area contributed by atoms with Crippen molar-refractivity contribution in [1.29, 1.82) is 0 Å². The molecule has 4 rings (SSSR count). The summed E-state index contributed by atoms with van der Waals surface area (Å²) in [4.78, 5) is 17.6. The summed E-state index contributed by atoms with van der Waals surface area (Å²) in [6.45, 7) is 7.99. The molecule has 1 N–H and O–H groups in total. The Balaban J connectivity index is 1.81. The third-order valence-electron chi connectivity index (χ3n) is 5.16. The molecule has 5 nitrogen and oxygen atoms in total. The number of anilines is 1. The summed E-state index contributed by atoms with van der Waals surface area (Å²) < 4.78 is 1.73. The van der Waals surface area contributed by atoms with Gasteiger partial charge in [0.05, 0.1) is 16.4 Å². The predicted octanol–water partition coefficient (Wildman–Crippen LogP) is 6.07. The minimum atomic E-state index is -0.409. The van der Waals surface area contributed by atoms with Crippen LogP contribution in [0.5, 0.6) is 0 Å². The van der Waals surface area contributed by atoms with E-state index in [1.807, 2.05) is 76.2 Å². The van der Waals surface area contributed by atoms with Gasteiger partial charge in [-0.3, -0.25) is 4.79 Å². The molecular weight excluding hydrogens is 408 g/mol. The summed E-state index contributed by atoms with van der Waals surface area (Å²) in [5.41, 5.74) is 6.54. The molecule has 1 aromatic heterocycles. The molecule has 0 bridgehead atoms. The van der Waals surface area contributed by atoms with Crippen LogP contribution in [0.15, 0.2) is 60.7 Å². The average Bonchev–Trinajstić information content (AvgIpc) is 3.16. The van der Waals surface area contributed by atoms with Gasteiger partial charge in [-0.2, -0.15) is 0 Å². The van der Waals surface area contributed by atoms with Crippen molar-refractivity contribution in [3.05, 3.63) is 93.8 Å². The van der Waals surface area contributed by atoms with E-state index in [-0.39, 0.29) is 5.82 Å². The fraction of sp³-hybridized carbons (Fsp3) is 0.160. The molecule has 0 radical (unpaired) electrons. The normalized spacial score (nSPS) is 10.9. The zero-order valence-corrected chi connectivity index (χ0v) is 18.7. The number of carbonyl (C=O) groups is 1. The Morgan fingerprint density at radius 1 is 0.903 bits per heavy atom. The van der Waals surface area contributed by atoms with E-state index in [9.17, 15) is 4.79 Å². The number of amides is 1. The van der Waals surface area contributed by atoms with Gasteiger partial charge in [0.2, 0.25) is 5.82 Å². The highest BCUT2D eigenvalue weighted by atomic mass is 35.5. The van der Waals surface area contributed by atoms with Crippen molar-refractivity contribution < 1.29 is 4.79 Å². The molecule has 0 aliphatic carbocycles. The van der Waals surface area contributed by atoms with Crippen LogP contribution in [-0.2, 0) is 0 Å². The molecule has 0 saturated carbocycles. The number of hydrogen-bond acceptors (Lipinski definition) is 3. The van der Waals surface area contributed by atoms with Crippen LogP contribution in [0.4, 0.5) is 5.69 Å². The van der Waals surface area contributed by atoms with Gasteiger partial charge in [0, 0.05) is 5.56 Å². The first-order chi connectivity index (χ1) is 14.8. The summed E-state index contributed by atoms with van der Waals surface area (Å²) in [5.74, 6) is 0.274. The minimum absolute atomic E-state index is 0.0786. The van der Waals surface area contributed by atoms with E-state index in [0.29, 0.717) is 16.5 Å². The smallest absolute Gasteiger partial charge is 0.295 e. The van der Waals surface area contributed by atoms with E-state index in [0.717, 1.165) is 33.5 Å². The lowest BCUT2D eigenvalue weighted by Gasteiger charge is -2.10. The highest BCUT2D eigenvalue weighted by Crippen LogP contribution is 2.27. The van der Waals surface area contributed by atoms with E-state index in [1.165, 1.54) is 0 Å². The lowest BCUT2D eigenvalue weighted by molar-refractivity contribution is 0.101. The van der Waals surface area contributed by atoms with Crippen molar-refractivity contribution in [1.82, 2.24) is 14.8 Å². The van der Waals surface area contributed by atoms with Crippen LogP contribution >= 0.6 is 11.6 Å². The predicted molar refractivity (Wildman–Crippen MR) is 125 cm³/mol. The molecule has 0 saturated heterocycles. The summed E-state index contributed by atoms with van der Waals surface area (Å²) in [6, 6.07) is 19.6. The van der Waals surface area contributed by atoms with Gasteiger partial charge in [0.1, 0.15) is 0 Å². The Morgan fingerprint density at radius 3 is 2.29 bits per heavy atom. The summed E-state index contributed by atoms with van der Waals surface area (Å²) in [7, 11) is 0. The topological polar surface area (TPSA) is 59.8 Å². The van der Waals surface area contributed by atoms with Gasteiger partial charge < -0.3 is 5.32 Å². The number of benzene rings is 3. The van der Waals surface area contributed by atoms with Crippen molar-refractivity contribution in [3.8, 4) is 17.1 Å². The number of rotatable bonds is 4. The van der Waals surface area contributed by atoms with E-state index in [1.54, 1.807) is 10.7 Å². The number of aryl methyl sites for hydroxylation is 4. The van der Waals surface area contributed by atoms with E-state index >= 15 is 0 Å². The van der Waals surface area contributed by atoms with E-state index in [4.69, 9.17) is 11.6 Å². The highest BCUT2D eigenvalue weighted by Gasteiger charge is 2.21. The molecule has 3 aromatic carbocycles. The molecule has 1 heterocycles. The van der Waals surface area contributed by atoms with Crippen LogP contribution < -0.4 is 5.32 Å². The van der Waals surface area contributed by atoms with Crippen LogP contribution in [0.3, 0.4) is 0 Å². The Bertz CT molecular complexity index is 1260. The van der Waals surface area contributed by atoms with Crippen LogP contribution in [0, 0.1) is 27.7 Å². The SMILES string of the molecule is Cc1ccc(-c2nc(C(=O)Nc3c(C)cccc3Cl)nn2-c2ccc(C)cc2C)cc1. The van der Waals surface area contributed by atoms with Crippen LogP contribution in [0.2, 0.25) is 5.02 Å². The Labute approximate surface area is 186 Å². The van der Waals surface area contributed by atoms with E-state index in [2.05, 4.69) is 21.5 Å². The molecule has 0 spiro atoms. The second-order valence-corrected chi connectivity index (χ2v) is 8.12. The lowest BCUT2D eigenvalue weighted by Crippen LogP contribution is -2.15. The third-order valence-corrected chi connectivity index (χ3v) is 5.48. The molecule has 1 amide bonds. The molecular formula is C25H23ClN4O. The molecule has 4 aromatic rings. The number of hydrogen-bond donors (Lipinski definition) is 1. The zero-order valence-electron chi connectivity index (χ0n) is 17.9. The van der Waals surface area contributed by atoms with Gasteiger partial charge in [-0.05, 0) is 51.0 Å². The number of para-hydroxylation sites is 1. The van der Waals surface area contributed by atoms with Crippen molar-refractivity contribution >= 4 is 23.2 Å². The Kier molecular flexibility index (Phi) is 5.61. The van der Waals surface area contributed by atoms with Gasteiger partial charge >= 0.3 is 0 Å². The third kappa shape index (κ3) is 4.23. The molecule has 156 valence electrons. The minimum Gasteiger partial charge on any atom is -0.318 e. The van der Waals surface area contributed by atoms with Gasteiger partial charge in [0.15, 0.2) is 5.82 Å². The van der Waals surface area contributed by atoms with Crippen molar-refractivity contribution in [2.75, 3.05) is 5.32 Å². The number of nitrogens with zero attached hydrogens (tertiary/aromatic N) is 3. The maximum absolute atomic E-state index is 13.0. The first kappa shape index (κ1) is 20.8. The molecule has 0 fully saturated rings. The molecule has 0 unspecified atom stereocenters. The molecule has 31 heavy (non-hydrogen) atoms. The van der Waals surface area contributed by atoms with Gasteiger partial charge in [0.25, 0.3) is 5.91 Å². The van der Waals surface area contributed by atoms with Crippen molar-refractivity contribution in [2.24, 2.45) is 0 Å². The number of aromatic nitrogens is 3. The maximum Gasteiger partial charge on any atom is 0.295 e. The Hall–Kier alpha value is -3.44. The maximum atomic E-state index is 13.0. The number of carbonyl (C=O) groups excluding carboxylic acids is 1. The molecule has 0 aliphatic rings. The van der Waals surface area contributed by atoms with Crippen molar-refractivity contribution in [3.63, 3.8) is 0 Å². The highest BCUT2D eigenvalue weighted by molar-refractivity contribution is 6.34. The summed E-state index contributed by atoms with van der Waals surface area (Å²) in [6.07, 6.45) is 0. The van der Waals surface area contributed by atoms with Gasteiger partial charge in [-0.15, -0.1) is 5.10 Å². The average molecular weight is 431 g/mol. The lowest BCUT2D eigenvalue weighted by atomic mass is 10.1. The second-order valence-electron chi connectivity index (χ2n) is 7.71. The zero-order chi connectivity index (χ0) is 22.1. The summed E-state index contributed by atoms with van der Waals surface area (Å²) in [5, 5.41) is 7.91. The van der Waals surface area contributed by atoms with Crippen LogP contribution in [0.25, 0.3) is 17.1 Å². The quantitative estimate of drug-likeness (QED) is 0.427. The van der Waals surface area contributed by atoms with Gasteiger partial charge in [-0.25, -0.2) is 9.67 Å². The Morgan fingerprint density at radius 2 is 1.61 bits per heavy atom. The second kappa shape index (κ2) is 8.36. The van der Waals surface area contributed by atoms with Crippen LogP contribution in [0.1, 0.15) is 32.9 Å². The van der Waals surface area contributed by atoms with Crippen LogP contribution in [-0.4, -0.2) is 20.7 Å². The summed E-state index contributed by atoms with van der Waals surface area (Å²) >= 11 is 6.28. The standard InChI is InChI=1S/C25H23ClN4O/c1-15-8-11-19(12-9-15)24-28-23(25(31)27-22-17(3)6-5-7-20(22)26)29-30(24)21-13-10-16(2)14-18(21)4/h5-14H,1-4H3,(H,27,31). The molecule has 0 aliphatic heterocycles. The molecule has 6 heteroatoms. The monoisotopic (exact) mass is 430 g/mol. The van der Waals surface area contributed by atoms with Crippen molar-refractivity contribution in [2.45, 2.75) is 27.7 Å². The first-order valence-electron chi connectivity index (χ1n) is 10.0. The van der Waals surface area contributed by atoms with Gasteiger partial charge in [-0.1, -0.05) is 71.3 Å². The fourth-order valence-corrected chi connectivity index (χ4v) is 3.74. The van der Waals surface area contributed by atoms with E-state index < -0.39 is 5.91 Å². The number of halogens is 1.